The van der Waals surface area contributed by atoms with Crippen LogP contribution in [0.3, 0.4) is 0 Å². The lowest BCUT2D eigenvalue weighted by atomic mass is 10.0. The van der Waals surface area contributed by atoms with Gasteiger partial charge in [0.25, 0.3) is 0 Å². The lowest BCUT2D eigenvalue weighted by Gasteiger charge is -2.27. The molecule has 1 N–H and O–H groups in total. The van der Waals surface area contributed by atoms with E-state index in [9.17, 15) is 0 Å². The maximum absolute atomic E-state index is 4.34. The summed E-state index contributed by atoms with van der Waals surface area (Å²) in [4.78, 5) is 4.34. The van der Waals surface area contributed by atoms with E-state index in [0.717, 1.165) is 6.42 Å². The summed E-state index contributed by atoms with van der Waals surface area (Å²) in [6.45, 7) is 4.56. The van der Waals surface area contributed by atoms with E-state index < -0.39 is 0 Å². The van der Waals surface area contributed by atoms with Crippen LogP contribution in [0.25, 0.3) is 0 Å². The highest BCUT2D eigenvalue weighted by Crippen LogP contribution is 2.29. The number of amidine groups is 1. The van der Waals surface area contributed by atoms with Gasteiger partial charge < -0.3 is 5.32 Å². The highest BCUT2D eigenvalue weighted by atomic mass is 15.0. The molecule has 82 valence electrons. The molecule has 2 heteroatoms. The summed E-state index contributed by atoms with van der Waals surface area (Å²) in [5.74, 6) is 1.20. The Morgan fingerprint density at radius 2 is 2.00 bits per heavy atom. The second-order valence-corrected chi connectivity index (χ2v) is 4.67. The Hall–Kier alpha value is -0.530. The van der Waals surface area contributed by atoms with E-state index in [-0.39, 0.29) is 0 Å². The van der Waals surface area contributed by atoms with Crippen molar-refractivity contribution in [3.05, 3.63) is 0 Å². The van der Waals surface area contributed by atoms with Gasteiger partial charge in [-0.25, -0.2) is 0 Å². The molecule has 0 atom stereocenters. The lowest BCUT2D eigenvalue weighted by Crippen LogP contribution is -2.43. The molecule has 1 rings (SSSR count). The second kappa shape index (κ2) is 5.38. The van der Waals surface area contributed by atoms with Gasteiger partial charge >= 0.3 is 0 Å². The number of hydrogen-bond acceptors (Lipinski definition) is 1. The predicted octanol–water partition coefficient (Wildman–Crippen LogP) is 3.13. The van der Waals surface area contributed by atoms with Gasteiger partial charge in [0.1, 0.15) is 0 Å². The molecule has 0 aliphatic heterocycles. The van der Waals surface area contributed by atoms with E-state index in [1.807, 2.05) is 7.05 Å². The molecule has 0 radical (unpaired) electrons. The smallest absolute Gasteiger partial charge is 0.0963 e. The van der Waals surface area contributed by atoms with Crippen molar-refractivity contribution in [1.29, 1.82) is 0 Å². The molecule has 0 unspecified atom stereocenters. The molecular weight excluding hydrogens is 172 g/mol. The van der Waals surface area contributed by atoms with E-state index in [2.05, 4.69) is 24.2 Å². The molecule has 1 fully saturated rings. The standard InChI is InChI=1S/C12H24N2/c1-4-5-8-11(13-3)14-12(2)9-6-7-10-12/h4-10H2,1-3H3,(H,13,14). The van der Waals surface area contributed by atoms with Crippen LogP contribution in [0.1, 0.15) is 58.8 Å². The minimum atomic E-state index is 0.336. The fourth-order valence-corrected chi connectivity index (χ4v) is 2.20. The van der Waals surface area contributed by atoms with Crippen LogP contribution in [-0.2, 0) is 0 Å². The van der Waals surface area contributed by atoms with E-state index in [1.54, 1.807) is 0 Å². The van der Waals surface area contributed by atoms with E-state index in [0.29, 0.717) is 5.54 Å². The minimum Gasteiger partial charge on any atom is -0.369 e. The summed E-state index contributed by atoms with van der Waals surface area (Å²) in [7, 11) is 1.90. The largest absolute Gasteiger partial charge is 0.369 e. The molecule has 0 aromatic carbocycles. The lowest BCUT2D eigenvalue weighted by molar-refractivity contribution is 0.427. The van der Waals surface area contributed by atoms with Crippen molar-refractivity contribution in [2.45, 2.75) is 64.3 Å². The quantitative estimate of drug-likeness (QED) is 0.542. The topological polar surface area (TPSA) is 24.4 Å². The van der Waals surface area contributed by atoms with Crippen molar-refractivity contribution in [2.24, 2.45) is 4.99 Å². The normalized spacial score (nSPS) is 21.2. The van der Waals surface area contributed by atoms with Gasteiger partial charge in [-0.2, -0.15) is 0 Å². The number of rotatable bonds is 4. The van der Waals surface area contributed by atoms with Crippen molar-refractivity contribution in [2.75, 3.05) is 7.05 Å². The number of nitrogens with one attached hydrogen (secondary N) is 1. The molecule has 0 heterocycles. The third kappa shape index (κ3) is 3.32. The predicted molar refractivity (Wildman–Crippen MR) is 62.9 cm³/mol. The van der Waals surface area contributed by atoms with E-state index >= 15 is 0 Å². The molecule has 0 spiro atoms. The van der Waals surface area contributed by atoms with Crippen molar-refractivity contribution >= 4 is 5.84 Å². The number of aliphatic imine (C=N–C) groups is 1. The second-order valence-electron chi connectivity index (χ2n) is 4.67. The number of unbranched alkanes of at least 4 members (excludes halogenated alkanes) is 1. The third-order valence-electron chi connectivity index (χ3n) is 3.19. The Bertz CT molecular complexity index is 190. The SMILES string of the molecule is CCCCC(=NC)NC1(C)CCCC1. The zero-order valence-electron chi connectivity index (χ0n) is 9.90. The molecule has 2 nitrogen and oxygen atoms in total. The van der Waals surface area contributed by atoms with Gasteiger partial charge in [-0.3, -0.25) is 4.99 Å². The van der Waals surface area contributed by atoms with Crippen LogP contribution >= 0.6 is 0 Å². The van der Waals surface area contributed by atoms with Crippen molar-refractivity contribution in [1.82, 2.24) is 5.32 Å². The number of hydrogen-bond donors (Lipinski definition) is 1. The Labute approximate surface area is 88.2 Å². The first-order chi connectivity index (χ1) is 6.70. The molecule has 0 aromatic heterocycles. The third-order valence-corrected chi connectivity index (χ3v) is 3.19. The van der Waals surface area contributed by atoms with Gasteiger partial charge in [0.05, 0.1) is 5.84 Å². The van der Waals surface area contributed by atoms with Gasteiger partial charge in [0.2, 0.25) is 0 Å². The highest BCUT2D eigenvalue weighted by molar-refractivity contribution is 5.82. The van der Waals surface area contributed by atoms with Crippen molar-refractivity contribution < 1.29 is 0 Å². The Kier molecular flexibility index (Phi) is 4.43. The van der Waals surface area contributed by atoms with Crippen LogP contribution in [0, 0.1) is 0 Å². The minimum absolute atomic E-state index is 0.336. The van der Waals surface area contributed by atoms with E-state index in [1.165, 1.54) is 44.4 Å². The summed E-state index contributed by atoms with van der Waals surface area (Å²) < 4.78 is 0. The summed E-state index contributed by atoms with van der Waals surface area (Å²) in [5, 5.41) is 3.63. The molecule has 0 amide bonds. The van der Waals surface area contributed by atoms with Crippen LogP contribution in [0.4, 0.5) is 0 Å². The summed E-state index contributed by atoms with van der Waals surface area (Å²) in [6, 6.07) is 0. The first-order valence-electron chi connectivity index (χ1n) is 5.94. The van der Waals surface area contributed by atoms with E-state index in [4.69, 9.17) is 0 Å². The van der Waals surface area contributed by atoms with Crippen molar-refractivity contribution in [3.8, 4) is 0 Å². The van der Waals surface area contributed by atoms with Crippen molar-refractivity contribution in [3.63, 3.8) is 0 Å². The molecule has 1 saturated carbocycles. The van der Waals surface area contributed by atoms with Gasteiger partial charge in [-0.15, -0.1) is 0 Å². The van der Waals surface area contributed by atoms with Gasteiger partial charge in [0, 0.05) is 19.0 Å². The van der Waals surface area contributed by atoms with Gasteiger partial charge in [-0.05, 0) is 26.2 Å². The fourth-order valence-electron chi connectivity index (χ4n) is 2.20. The van der Waals surface area contributed by atoms with Crippen LogP contribution in [-0.4, -0.2) is 18.4 Å². The maximum Gasteiger partial charge on any atom is 0.0963 e. The summed E-state index contributed by atoms with van der Waals surface area (Å²) in [6.07, 6.45) is 8.95. The molecule has 14 heavy (non-hydrogen) atoms. The summed E-state index contributed by atoms with van der Waals surface area (Å²) >= 11 is 0. The molecule has 1 aliphatic rings. The fraction of sp³-hybridized carbons (Fsp3) is 0.917. The first-order valence-corrected chi connectivity index (χ1v) is 5.94. The Morgan fingerprint density at radius 3 is 2.50 bits per heavy atom. The molecule has 0 bridgehead atoms. The van der Waals surface area contributed by atoms with Crippen LogP contribution in [0.15, 0.2) is 4.99 Å². The average Bonchev–Trinajstić information content (AvgIpc) is 2.60. The average molecular weight is 196 g/mol. The summed E-state index contributed by atoms with van der Waals surface area (Å²) in [5.41, 5.74) is 0.336. The number of nitrogens with zero attached hydrogens (tertiary/aromatic N) is 1. The van der Waals surface area contributed by atoms with Gasteiger partial charge in [0.15, 0.2) is 0 Å². The first kappa shape index (κ1) is 11.5. The maximum atomic E-state index is 4.34. The Morgan fingerprint density at radius 1 is 1.36 bits per heavy atom. The van der Waals surface area contributed by atoms with Crippen LogP contribution in [0.5, 0.6) is 0 Å². The molecule has 1 aliphatic carbocycles. The van der Waals surface area contributed by atoms with Crippen LogP contribution in [0.2, 0.25) is 0 Å². The monoisotopic (exact) mass is 196 g/mol. The molecule has 0 aromatic rings. The zero-order chi connectivity index (χ0) is 10.4. The van der Waals surface area contributed by atoms with Crippen LogP contribution < -0.4 is 5.32 Å². The molecule has 0 saturated heterocycles. The van der Waals surface area contributed by atoms with Gasteiger partial charge in [-0.1, -0.05) is 26.2 Å². The highest BCUT2D eigenvalue weighted by Gasteiger charge is 2.28. The Balaban J connectivity index is 2.39. The molecular formula is C12H24N2. The zero-order valence-corrected chi connectivity index (χ0v) is 9.90.